The molecule has 9 nitrogen and oxygen atoms in total. The van der Waals surface area contributed by atoms with Gasteiger partial charge >= 0.3 is 5.97 Å². The number of imide groups is 1. The molecule has 2 N–H and O–H groups in total. The number of carbonyl (C=O) groups excluding carboxylic acids is 3. The number of allylic oxidation sites excluding steroid dienone is 2. The zero-order valence-corrected chi connectivity index (χ0v) is 16.2. The Kier molecular flexibility index (Phi) is 7.15. The zero-order valence-electron chi connectivity index (χ0n) is 13.7. The van der Waals surface area contributed by atoms with E-state index in [0.717, 1.165) is 0 Å². The summed E-state index contributed by atoms with van der Waals surface area (Å²) in [6.45, 7) is 1.69. The van der Waals surface area contributed by atoms with Gasteiger partial charge in [-0.25, -0.2) is 4.79 Å². The minimum Gasteiger partial charge on any atom is -0.375 e. The van der Waals surface area contributed by atoms with Crippen LogP contribution < -0.4 is 5.32 Å². The summed E-state index contributed by atoms with van der Waals surface area (Å²) < 4.78 is 32.5. The lowest BCUT2D eigenvalue weighted by Crippen LogP contribution is -2.40. The second-order valence-corrected chi connectivity index (χ2v) is 10.0. The average Bonchev–Trinajstić information content (AvgIpc) is 2.89. The Morgan fingerprint density at radius 2 is 2.04 bits per heavy atom. The van der Waals surface area contributed by atoms with Crippen molar-refractivity contribution in [2.45, 2.75) is 42.1 Å². The first-order chi connectivity index (χ1) is 12.2. The molecule has 2 aliphatic heterocycles. The SMILES string of the molecule is CC(CC(C(=O)ON1C(=O)CCC1=O)S(=O)(=O)O)SSC1C=CC=CN1. The summed E-state index contributed by atoms with van der Waals surface area (Å²) in [7, 11) is -2.02. The molecule has 2 heterocycles. The maximum Gasteiger partial charge on any atom is 0.353 e. The molecule has 3 unspecified atom stereocenters. The molecule has 0 aromatic carbocycles. The Morgan fingerprint density at radius 1 is 1.38 bits per heavy atom. The van der Waals surface area contributed by atoms with Gasteiger partial charge in [-0.15, -0.1) is 5.06 Å². The highest BCUT2D eigenvalue weighted by Crippen LogP contribution is 2.34. The zero-order chi connectivity index (χ0) is 19.3. The van der Waals surface area contributed by atoms with E-state index < -0.39 is 33.2 Å². The van der Waals surface area contributed by atoms with Crippen LogP contribution in [0.25, 0.3) is 0 Å². The molecule has 1 saturated heterocycles. The predicted octanol–water partition coefficient (Wildman–Crippen LogP) is 1.01. The number of hydrogen-bond acceptors (Lipinski definition) is 9. The Labute approximate surface area is 158 Å². The fraction of sp³-hybridized carbons (Fsp3) is 0.500. The van der Waals surface area contributed by atoms with Gasteiger partial charge in [0.05, 0.1) is 0 Å². The second kappa shape index (κ2) is 8.93. The van der Waals surface area contributed by atoms with Crippen LogP contribution >= 0.6 is 21.6 Å². The lowest BCUT2D eigenvalue weighted by atomic mass is 10.2. The minimum absolute atomic E-state index is 0.0107. The van der Waals surface area contributed by atoms with Crippen LogP contribution in [-0.2, 0) is 29.3 Å². The molecule has 0 spiro atoms. The quantitative estimate of drug-likeness (QED) is 0.332. The molecule has 2 rings (SSSR count). The van der Waals surface area contributed by atoms with Crippen molar-refractivity contribution in [2.75, 3.05) is 0 Å². The third kappa shape index (κ3) is 5.76. The van der Waals surface area contributed by atoms with Crippen molar-refractivity contribution < 1.29 is 32.2 Å². The summed E-state index contributed by atoms with van der Waals surface area (Å²) in [6, 6.07) is 0. The van der Waals surface area contributed by atoms with Crippen LogP contribution in [0.1, 0.15) is 26.2 Å². The number of nitrogens with one attached hydrogen (secondary N) is 1. The molecule has 0 bridgehead atoms. The van der Waals surface area contributed by atoms with Crippen molar-refractivity contribution in [3.05, 3.63) is 24.4 Å². The Balaban J connectivity index is 1.94. The lowest BCUT2D eigenvalue weighted by Gasteiger charge is -2.21. The smallest absolute Gasteiger partial charge is 0.353 e. The maximum atomic E-state index is 12.1. The first kappa shape index (κ1) is 20.8. The van der Waals surface area contributed by atoms with E-state index in [1.807, 2.05) is 18.2 Å². The number of hydrogen-bond donors (Lipinski definition) is 2. The van der Waals surface area contributed by atoms with Crippen molar-refractivity contribution >= 4 is 49.5 Å². The van der Waals surface area contributed by atoms with Gasteiger partial charge in [-0.05, 0) is 18.7 Å². The highest BCUT2D eigenvalue weighted by atomic mass is 33.1. The van der Waals surface area contributed by atoms with E-state index in [0.29, 0.717) is 0 Å². The summed E-state index contributed by atoms with van der Waals surface area (Å²) in [6.07, 6.45) is 6.91. The van der Waals surface area contributed by atoms with Crippen molar-refractivity contribution in [2.24, 2.45) is 0 Å². The maximum absolute atomic E-state index is 12.1. The molecule has 0 aromatic rings. The van der Waals surface area contributed by atoms with Gasteiger partial charge in [0.2, 0.25) is 0 Å². The molecular weight excluding hydrogens is 404 g/mol. The van der Waals surface area contributed by atoms with E-state index >= 15 is 0 Å². The molecule has 0 aliphatic carbocycles. The van der Waals surface area contributed by atoms with Crippen LogP contribution in [0.5, 0.6) is 0 Å². The minimum atomic E-state index is -4.77. The molecule has 3 atom stereocenters. The molecule has 12 heteroatoms. The summed E-state index contributed by atoms with van der Waals surface area (Å²) in [5.41, 5.74) is 0. The van der Waals surface area contributed by atoms with E-state index in [1.165, 1.54) is 21.6 Å². The Morgan fingerprint density at radius 3 is 2.58 bits per heavy atom. The van der Waals surface area contributed by atoms with Gasteiger partial charge < -0.3 is 10.2 Å². The van der Waals surface area contributed by atoms with E-state index in [4.69, 9.17) is 0 Å². The molecule has 2 aliphatic rings. The first-order valence-corrected chi connectivity index (χ1v) is 11.4. The van der Waals surface area contributed by atoms with Gasteiger partial charge in [-0.2, -0.15) is 8.42 Å². The summed E-state index contributed by atoms with van der Waals surface area (Å²) in [4.78, 5) is 39.7. The van der Waals surface area contributed by atoms with Crippen LogP contribution in [-0.4, -0.2) is 51.7 Å². The van der Waals surface area contributed by atoms with E-state index in [9.17, 15) is 27.4 Å². The highest BCUT2D eigenvalue weighted by molar-refractivity contribution is 8.77. The van der Waals surface area contributed by atoms with Crippen LogP contribution in [0.2, 0.25) is 0 Å². The number of amides is 2. The fourth-order valence-electron chi connectivity index (χ4n) is 2.13. The number of carbonyl (C=O) groups is 3. The predicted molar refractivity (Wildman–Crippen MR) is 97.0 cm³/mol. The van der Waals surface area contributed by atoms with Crippen molar-refractivity contribution in [3.63, 3.8) is 0 Å². The largest absolute Gasteiger partial charge is 0.375 e. The van der Waals surface area contributed by atoms with E-state index in [2.05, 4.69) is 10.2 Å². The monoisotopic (exact) mass is 422 g/mol. The van der Waals surface area contributed by atoms with Gasteiger partial charge in [-0.1, -0.05) is 40.7 Å². The molecule has 144 valence electrons. The molecule has 26 heavy (non-hydrogen) atoms. The number of hydroxylamine groups is 2. The van der Waals surface area contributed by atoms with Crippen molar-refractivity contribution in [3.8, 4) is 0 Å². The highest BCUT2D eigenvalue weighted by Gasteiger charge is 2.40. The van der Waals surface area contributed by atoms with Gasteiger partial charge in [0.1, 0.15) is 5.37 Å². The van der Waals surface area contributed by atoms with Crippen LogP contribution in [0.3, 0.4) is 0 Å². The standard InChI is InChI=1S/C14H18N2O7S3/c1-9(24-25-11-4-2-3-7-15-11)8-10(26(20,21)22)14(19)23-16-12(17)5-6-13(16)18/h2-4,7,9-11,15H,5-6,8H2,1H3,(H,20,21,22). The lowest BCUT2D eigenvalue weighted by molar-refractivity contribution is -0.197. The molecule has 0 radical (unpaired) electrons. The van der Waals surface area contributed by atoms with E-state index in [1.54, 1.807) is 13.1 Å². The molecule has 0 saturated carbocycles. The molecule has 1 fully saturated rings. The van der Waals surface area contributed by atoms with Gasteiger partial charge in [0.25, 0.3) is 21.9 Å². The molecule has 0 aromatic heterocycles. The third-order valence-electron chi connectivity index (χ3n) is 3.43. The normalized spacial score (nSPS) is 22.2. The van der Waals surface area contributed by atoms with E-state index in [-0.39, 0.29) is 34.9 Å². The molecular formula is C14H18N2O7S3. The number of rotatable bonds is 8. The third-order valence-corrected chi connectivity index (χ3v) is 7.61. The first-order valence-electron chi connectivity index (χ1n) is 7.64. The number of dihydropyridines is 1. The average molecular weight is 423 g/mol. The van der Waals surface area contributed by atoms with Gasteiger partial charge in [0.15, 0.2) is 5.25 Å². The summed E-state index contributed by atoms with van der Waals surface area (Å²) in [5, 5.41) is 1.09. The second-order valence-electron chi connectivity index (χ2n) is 5.57. The van der Waals surface area contributed by atoms with Gasteiger partial charge in [-0.3, -0.25) is 14.1 Å². The Bertz CT molecular complexity index is 719. The summed E-state index contributed by atoms with van der Waals surface area (Å²) >= 11 is 0. The Hall–Kier alpha value is -1.50. The number of nitrogens with zero attached hydrogens (tertiary/aromatic N) is 1. The van der Waals surface area contributed by atoms with Gasteiger partial charge in [0, 0.05) is 18.1 Å². The van der Waals surface area contributed by atoms with Crippen molar-refractivity contribution in [1.82, 2.24) is 10.4 Å². The van der Waals surface area contributed by atoms with Crippen LogP contribution in [0.4, 0.5) is 0 Å². The fourth-order valence-corrected chi connectivity index (χ4v) is 5.46. The van der Waals surface area contributed by atoms with Crippen LogP contribution in [0.15, 0.2) is 24.4 Å². The summed E-state index contributed by atoms with van der Waals surface area (Å²) in [5.74, 6) is -2.80. The van der Waals surface area contributed by atoms with Crippen molar-refractivity contribution in [1.29, 1.82) is 0 Å². The molecule has 2 amide bonds. The topological polar surface area (TPSA) is 130 Å². The van der Waals surface area contributed by atoms with Crippen LogP contribution in [0, 0.1) is 0 Å².